The predicted molar refractivity (Wildman–Crippen MR) is 86.4 cm³/mol. The molecular weight excluding hydrogens is 298 g/mol. The molecule has 1 saturated heterocycles. The molecule has 0 aliphatic carbocycles. The van der Waals surface area contributed by atoms with Crippen molar-refractivity contribution < 1.29 is 9.90 Å². The molecule has 0 aromatic carbocycles. The smallest absolute Gasteiger partial charge is 0.325 e. The van der Waals surface area contributed by atoms with Gasteiger partial charge in [-0.2, -0.15) is 0 Å². The van der Waals surface area contributed by atoms with Crippen LogP contribution < -0.4 is 11.2 Å². The average Bonchev–Trinajstić information content (AvgIpc) is 2.51. The molecule has 3 N–H and O–H groups in total. The van der Waals surface area contributed by atoms with Crippen LogP contribution in [0.25, 0.3) is 0 Å². The first-order valence-corrected chi connectivity index (χ1v) is 8.11. The molecule has 0 saturated carbocycles. The second-order valence-electron chi connectivity index (χ2n) is 6.52. The van der Waals surface area contributed by atoms with Crippen LogP contribution in [0.5, 0.6) is 0 Å². The molecule has 1 aromatic rings. The highest BCUT2D eigenvalue weighted by Gasteiger charge is 2.36. The van der Waals surface area contributed by atoms with Gasteiger partial charge in [-0.25, -0.2) is 4.79 Å². The number of nitrogens with zero attached hydrogens (tertiary/aromatic N) is 1. The van der Waals surface area contributed by atoms with E-state index in [9.17, 15) is 19.5 Å². The van der Waals surface area contributed by atoms with Gasteiger partial charge in [0.05, 0.1) is 13.0 Å². The number of aliphatic hydroxyl groups is 1. The third kappa shape index (κ3) is 3.90. The molecular formula is C16H25N3O4. The Bertz CT molecular complexity index is 675. The van der Waals surface area contributed by atoms with E-state index in [0.29, 0.717) is 24.3 Å². The van der Waals surface area contributed by atoms with E-state index in [1.54, 1.807) is 11.8 Å². The summed E-state index contributed by atoms with van der Waals surface area (Å²) >= 11 is 0. The van der Waals surface area contributed by atoms with Crippen molar-refractivity contribution in [2.75, 3.05) is 19.7 Å². The van der Waals surface area contributed by atoms with Gasteiger partial charge < -0.3 is 15.0 Å². The molecule has 7 heteroatoms. The van der Waals surface area contributed by atoms with Crippen LogP contribution in [0.4, 0.5) is 0 Å². The molecule has 0 spiro atoms. The molecule has 1 aliphatic rings. The monoisotopic (exact) mass is 323 g/mol. The van der Waals surface area contributed by atoms with Crippen LogP contribution in [0.2, 0.25) is 0 Å². The van der Waals surface area contributed by atoms with E-state index in [0.717, 1.165) is 25.7 Å². The summed E-state index contributed by atoms with van der Waals surface area (Å²) in [7, 11) is 0. The van der Waals surface area contributed by atoms with E-state index < -0.39 is 11.2 Å². The minimum absolute atomic E-state index is 0.0361. The highest BCUT2D eigenvalue weighted by Crippen LogP contribution is 2.34. The van der Waals surface area contributed by atoms with Gasteiger partial charge in [0.2, 0.25) is 5.91 Å². The van der Waals surface area contributed by atoms with Crippen LogP contribution in [0.15, 0.2) is 9.59 Å². The van der Waals surface area contributed by atoms with Crippen LogP contribution >= 0.6 is 0 Å². The van der Waals surface area contributed by atoms with Crippen molar-refractivity contribution in [3.63, 3.8) is 0 Å². The van der Waals surface area contributed by atoms with Crippen LogP contribution in [0, 0.1) is 12.3 Å². The Balaban J connectivity index is 2.15. The number of H-pyrrole nitrogens is 2. The Kier molecular flexibility index (Phi) is 5.41. The number of aromatic nitrogens is 2. The van der Waals surface area contributed by atoms with Gasteiger partial charge in [-0.1, -0.05) is 13.3 Å². The third-order valence-electron chi connectivity index (χ3n) is 4.71. The SMILES string of the molecule is CCCC1(CO)CCCN(C(=O)Cc2c(C)[nH]c(=O)[nH]c2=O)C1. The second kappa shape index (κ2) is 7.12. The van der Waals surface area contributed by atoms with Gasteiger partial charge >= 0.3 is 5.69 Å². The predicted octanol–water partition coefficient (Wildman–Crippen LogP) is 0.315. The quantitative estimate of drug-likeness (QED) is 0.725. The molecule has 0 radical (unpaired) electrons. The minimum atomic E-state index is -0.566. The number of aryl methyl sites for hydroxylation is 1. The maximum absolute atomic E-state index is 12.6. The third-order valence-corrected chi connectivity index (χ3v) is 4.71. The van der Waals surface area contributed by atoms with Gasteiger partial charge in [-0.15, -0.1) is 0 Å². The van der Waals surface area contributed by atoms with E-state index in [4.69, 9.17) is 0 Å². The summed E-state index contributed by atoms with van der Waals surface area (Å²) in [5.74, 6) is -0.140. The lowest BCUT2D eigenvalue weighted by atomic mass is 9.77. The zero-order valence-electron chi connectivity index (χ0n) is 13.8. The number of likely N-dealkylation sites (tertiary alicyclic amines) is 1. The van der Waals surface area contributed by atoms with E-state index in [2.05, 4.69) is 16.9 Å². The number of nitrogens with one attached hydrogen (secondary N) is 2. The van der Waals surface area contributed by atoms with Crippen molar-refractivity contribution in [2.24, 2.45) is 5.41 Å². The Morgan fingerprint density at radius 1 is 1.35 bits per heavy atom. The molecule has 1 aromatic heterocycles. The lowest BCUT2D eigenvalue weighted by Gasteiger charge is -2.42. The highest BCUT2D eigenvalue weighted by atomic mass is 16.3. The maximum atomic E-state index is 12.6. The van der Waals surface area contributed by atoms with E-state index in [1.165, 1.54) is 0 Å². The molecule has 1 fully saturated rings. The standard InChI is InChI=1S/C16H25N3O4/c1-3-5-16(10-20)6-4-7-19(9-16)13(21)8-12-11(2)17-15(23)18-14(12)22/h20H,3-10H2,1-2H3,(H2,17,18,22,23). The normalized spacial score (nSPS) is 21.4. The van der Waals surface area contributed by atoms with Crippen molar-refractivity contribution in [1.82, 2.24) is 14.9 Å². The lowest BCUT2D eigenvalue weighted by Crippen LogP contribution is -2.48. The number of carbonyl (C=O) groups excluding carboxylic acids is 1. The first-order valence-electron chi connectivity index (χ1n) is 8.11. The Morgan fingerprint density at radius 3 is 2.70 bits per heavy atom. The molecule has 1 amide bonds. The van der Waals surface area contributed by atoms with Crippen molar-refractivity contribution in [3.8, 4) is 0 Å². The molecule has 23 heavy (non-hydrogen) atoms. The number of piperidine rings is 1. The van der Waals surface area contributed by atoms with E-state index in [-0.39, 0.29) is 24.3 Å². The average molecular weight is 323 g/mol. The number of carbonyl (C=O) groups is 1. The molecule has 0 bridgehead atoms. The zero-order chi connectivity index (χ0) is 17.0. The second-order valence-corrected chi connectivity index (χ2v) is 6.52. The Labute approximate surface area is 134 Å². The maximum Gasteiger partial charge on any atom is 0.325 e. The Morgan fingerprint density at radius 2 is 2.09 bits per heavy atom. The fraction of sp³-hybridized carbons (Fsp3) is 0.688. The van der Waals surface area contributed by atoms with E-state index >= 15 is 0 Å². The van der Waals surface area contributed by atoms with Gasteiger partial charge in [0, 0.05) is 29.8 Å². The molecule has 1 atom stereocenters. The number of aromatic amines is 2. The number of amides is 1. The molecule has 2 heterocycles. The van der Waals surface area contributed by atoms with Gasteiger partial charge in [0.25, 0.3) is 5.56 Å². The van der Waals surface area contributed by atoms with Crippen LogP contribution in [-0.2, 0) is 11.2 Å². The first-order chi connectivity index (χ1) is 10.9. The summed E-state index contributed by atoms with van der Waals surface area (Å²) in [5.41, 5.74) is -0.589. The summed E-state index contributed by atoms with van der Waals surface area (Å²) in [4.78, 5) is 42.1. The van der Waals surface area contributed by atoms with Crippen molar-refractivity contribution in [3.05, 3.63) is 32.1 Å². The fourth-order valence-electron chi connectivity index (χ4n) is 3.47. The minimum Gasteiger partial charge on any atom is -0.396 e. The van der Waals surface area contributed by atoms with Crippen LogP contribution in [-0.4, -0.2) is 45.6 Å². The fourth-order valence-corrected chi connectivity index (χ4v) is 3.47. The van der Waals surface area contributed by atoms with Gasteiger partial charge in [-0.3, -0.25) is 14.6 Å². The lowest BCUT2D eigenvalue weighted by molar-refractivity contribution is -0.135. The summed E-state index contributed by atoms with van der Waals surface area (Å²) in [5, 5.41) is 9.75. The largest absolute Gasteiger partial charge is 0.396 e. The molecule has 128 valence electrons. The highest BCUT2D eigenvalue weighted by molar-refractivity contribution is 5.79. The van der Waals surface area contributed by atoms with Crippen LogP contribution in [0.1, 0.15) is 43.9 Å². The summed E-state index contributed by atoms with van der Waals surface area (Å²) in [6.45, 7) is 4.93. The first kappa shape index (κ1) is 17.5. The topological polar surface area (TPSA) is 106 Å². The van der Waals surface area contributed by atoms with Crippen molar-refractivity contribution in [1.29, 1.82) is 0 Å². The number of rotatable bonds is 5. The van der Waals surface area contributed by atoms with Crippen molar-refractivity contribution in [2.45, 2.75) is 46.0 Å². The zero-order valence-corrected chi connectivity index (χ0v) is 13.8. The number of hydrogen-bond acceptors (Lipinski definition) is 4. The number of hydrogen-bond donors (Lipinski definition) is 3. The summed E-state index contributed by atoms with van der Waals surface area (Å²) in [6.07, 6.45) is 3.57. The summed E-state index contributed by atoms with van der Waals surface area (Å²) in [6, 6.07) is 0. The van der Waals surface area contributed by atoms with E-state index in [1.807, 2.05) is 0 Å². The van der Waals surface area contributed by atoms with Crippen molar-refractivity contribution >= 4 is 5.91 Å². The van der Waals surface area contributed by atoms with Gasteiger partial charge in [0.15, 0.2) is 0 Å². The summed E-state index contributed by atoms with van der Waals surface area (Å²) < 4.78 is 0. The molecule has 2 rings (SSSR count). The Hall–Kier alpha value is -1.89. The van der Waals surface area contributed by atoms with Crippen LogP contribution in [0.3, 0.4) is 0 Å². The molecule has 1 unspecified atom stereocenters. The van der Waals surface area contributed by atoms with Gasteiger partial charge in [0.1, 0.15) is 0 Å². The molecule has 1 aliphatic heterocycles. The van der Waals surface area contributed by atoms with Gasteiger partial charge in [-0.05, 0) is 26.2 Å². The molecule has 7 nitrogen and oxygen atoms in total. The number of aliphatic hydroxyl groups excluding tert-OH is 1.